The van der Waals surface area contributed by atoms with Crippen molar-refractivity contribution in [1.29, 1.82) is 0 Å². The van der Waals surface area contributed by atoms with Crippen LogP contribution in [0.5, 0.6) is 0 Å². The van der Waals surface area contributed by atoms with Crippen LogP contribution in [0.1, 0.15) is 13.8 Å². The van der Waals surface area contributed by atoms with Crippen molar-refractivity contribution in [3.8, 4) is 0 Å². The zero-order valence-electron chi connectivity index (χ0n) is 12.2. The molecule has 0 saturated heterocycles. The lowest BCUT2D eigenvalue weighted by Crippen LogP contribution is -2.12. The van der Waals surface area contributed by atoms with E-state index in [-0.39, 0.29) is 0 Å². The molecule has 4 nitrogen and oxygen atoms in total. The SMILES string of the molecule is CC(C)Nc1nc(Nc2ccccc2)nc2ccccc12. The van der Waals surface area contributed by atoms with Crippen LogP contribution in [0.3, 0.4) is 0 Å². The predicted molar refractivity (Wildman–Crippen MR) is 88.0 cm³/mol. The number of benzene rings is 2. The zero-order valence-corrected chi connectivity index (χ0v) is 12.2. The van der Waals surface area contributed by atoms with E-state index in [1.165, 1.54) is 0 Å². The van der Waals surface area contributed by atoms with Gasteiger partial charge in [0.2, 0.25) is 5.95 Å². The minimum absolute atomic E-state index is 0.313. The first-order valence-corrected chi connectivity index (χ1v) is 7.08. The molecular weight excluding hydrogens is 260 g/mol. The number of rotatable bonds is 4. The molecule has 0 saturated carbocycles. The Hall–Kier alpha value is -2.62. The van der Waals surface area contributed by atoms with Crippen LogP contribution < -0.4 is 10.6 Å². The van der Waals surface area contributed by atoms with Gasteiger partial charge in [-0.15, -0.1) is 0 Å². The number of fused-ring (bicyclic) bond motifs is 1. The van der Waals surface area contributed by atoms with Gasteiger partial charge in [-0.2, -0.15) is 4.98 Å². The lowest BCUT2D eigenvalue weighted by atomic mass is 10.2. The molecule has 0 bridgehead atoms. The number of hydrogen-bond acceptors (Lipinski definition) is 4. The second-order valence-corrected chi connectivity index (χ2v) is 5.20. The standard InChI is InChI=1S/C17H18N4/c1-12(2)18-16-14-10-6-7-11-15(14)20-17(21-16)19-13-8-4-3-5-9-13/h3-12H,1-2H3,(H2,18,19,20,21). The molecule has 106 valence electrons. The van der Waals surface area contributed by atoms with E-state index in [2.05, 4.69) is 34.4 Å². The summed E-state index contributed by atoms with van der Waals surface area (Å²) in [5.74, 6) is 1.46. The van der Waals surface area contributed by atoms with Gasteiger partial charge in [-0.05, 0) is 38.1 Å². The molecule has 0 aliphatic heterocycles. The Bertz CT molecular complexity index is 738. The Kier molecular flexibility index (Phi) is 3.69. The zero-order chi connectivity index (χ0) is 14.7. The Morgan fingerprint density at radius 1 is 0.857 bits per heavy atom. The second kappa shape index (κ2) is 5.79. The van der Waals surface area contributed by atoms with Gasteiger partial charge in [0.15, 0.2) is 0 Å². The van der Waals surface area contributed by atoms with E-state index in [0.29, 0.717) is 12.0 Å². The fourth-order valence-corrected chi connectivity index (χ4v) is 2.17. The predicted octanol–water partition coefficient (Wildman–Crippen LogP) is 4.19. The van der Waals surface area contributed by atoms with Crippen molar-refractivity contribution in [2.24, 2.45) is 0 Å². The number of para-hydroxylation sites is 2. The van der Waals surface area contributed by atoms with Crippen LogP contribution in [-0.2, 0) is 0 Å². The lowest BCUT2D eigenvalue weighted by molar-refractivity contribution is 0.891. The Morgan fingerprint density at radius 2 is 1.57 bits per heavy atom. The van der Waals surface area contributed by atoms with Crippen molar-refractivity contribution in [3.63, 3.8) is 0 Å². The number of nitrogens with one attached hydrogen (secondary N) is 2. The molecule has 2 aromatic carbocycles. The van der Waals surface area contributed by atoms with Gasteiger partial charge in [0.1, 0.15) is 5.82 Å². The first-order chi connectivity index (χ1) is 10.2. The average molecular weight is 278 g/mol. The first-order valence-electron chi connectivity index (χ1n) is 7.08. The van der Waals surface area contributed by atoms with Crippen LogP contribution in [0.15, 0.2) is 54.6 Å². The van der Waals surface area contributed by atoms with E-state index >= 15 is 0 Å². The molecule has 3 aromatic rings. The highest BCUT2D eigenvalue weighted by molar-refractivity contribution is 5.90. The fourth-order valence-electron chi connectivity index (χ4n) is 2.17. The van der Waals surface area contributed by atoms with E-state index in [1.54, 1.807) is 0 Å². The van der Waals surface area contributed by atoms with Crippen LogP contribution in [0, 0.1) is 0 Å². The second-order valence-electron chi connectivity index (χ2n) is 5.20. The van der Waals surface area contributed by atoms with E-state index in [9.17, 15) is 0 Å². The van der Waals surface area contributed by atoms with Crippen LogP contribution in [0.25, 0.3) is 10.9 Å². The summed E-state index contributed by atoms with van der Waals surface area (Å²) in [4.78, 5) is 9.18. The van der Waals surface area contributed by atoms with Crippen molar-refractivity contribution in [2.45, 2.75) is 19.9 Å². The van der Waals surface area contributed by atoms with Crippen LogP contribution in [-0.4, -0.2) is 16.0 Å². The summed E-state index contributed by atoms with van der Waals surface area (Å²) in [5.41, 5.74) is 1.90. The Balaban J connectivity index is 2.03. The summed E-state index contributed by atoms with van der Waals surface area (Å²) >= 11 is 0. The normalized spacial score (nSPS) is 10.8. The molecular formula is C17H18N4. The van der Waals surface area contributed by atoms with E-state index < -0.39 is 0 Å². The summed E-state index contributed by atoms with van der Waals surface area (Å²) in [6, 6.07) is 18.3. The fraction of sp³-hybridized carbons (Fsp3) is 0.176. The summed E-state index contributed by atoms with van der Waals surface area (Å²) in [7, 11) is 0. The number of anilines is 3. The maximum Gasteiger partial charge on any atom is 0.229 e. The molecule has 21 heavy (non-hydrogen) atoms. The smallest absolute Gasteiger partial charge is 0.229 e. The minimum Gasteiger partial charge on any atom is -0.367 e. The molecule has 0 aliphatic rings. The van der Waals surface area contributed by atoms with E-state index in [0.717, 1.165) is 22.4 Å². The Labute approximate surface area is 124 Å². The molecule has 3 rings (SSSR count). The van der Waals surface area contributed by atoms with Gasteiger partial charge in [-0.25, -0.2) is 4.98 Å². The molecule has 0 radical (unpaired) electrons. The van der Waals surface area contributed by atoms with Gasteiger partial charge in [0, 0.05) is 17.1 Å². The molecule has 0 aliphatic carbocycles. The molecule has 0 unspecified atom stereocenters. The third-order valence-electron chi connectivity index (χ3n) is 3.06. The van der Waals surface area contributed by atoms with Crippen molar-refractivity contribution in [3.05, 3.63) is 54.6 Å². The van der Waals surface area contributed by atoms with Crippen LogP contribution >= 0.6 is 0 Å². The monoisotopic (exact) mass is 278 g/mol. The summed E-state index contributed by atoms with van der Waals surface area (Å²) in [6.45, 7) is 4.20. The number of hydrogen-bond donors (Lipinski definition) is 2. The van der Waals surface area contributed by atoms with Gasteiger partial charge in [-0.1, -0.05) is 30.3 Å². The summed E-state index contributed by atoms with van der Waals surface area (Å²) < 4.78 is 0. The topological polar surface area (TPSA) is 49.8 Å². The molecule has 0 spiro atoms. The molecule has 2 N–H and O–H groups in total. The van der Waals surface area contributed by atoms with Crippen LogP contribution in [0.2, 0.25) is 0 Å². The molecule has 0 atom stereocenters. The van der Waals surface area contributed by atoms with Gasteiger partial charge >= 0.3 is 0 Å². The molecule has 1 aromatic heterocycles. The summed E-state index contributed by atoms with van der Waals surface area (Å²) in [6.07, 6.45) is 0. The van der Waals surface area contributed by atoms with Crippen molar-refractivity contribution >= 4 is 28.4 Å². The van der Waals surface area contributed by atoms with Crippen molar-refractivity contribution < 1.29 is 0 Å². The number of nitrogens with zero attached hydrogens (tertiary/aromatic N) is 2. The lowest BCUT2D eigenvalue weighted by Gasteiger charge is -2.13. The molecule has 4 heteroatoms. The van der Waals surface area contributed by atoms with Crippen molar-refractivity contribution in [1.82, 2.24) is 9.97 Å². The maximum absolute atomic E-state index is 4.60. The van der Waals surface area contributed by atoms with Gasteiger partial charge in [-0.3, -0.25) is 0 Å². The largest absolute Gasteiger partial charge is 0.367 e. The highest BCUT2D eigenvalue weighted by atomic mass is 15.1. The van der Waals surface area contributed by atoms with Crippen LogP contribution in [0.4, 0.5) is 17.5 Å². The van der Waals surface area contributed by atoms with E-state index in [1.807, 2.05) is 54.6 Å². The van der Waals surface area contributed by atoms with Gasteiger partial charge in [0.25, 0.3) is 0 Å². The highest BCUT2D eigenvalue weighted by Crippen LogP contribution is 2.23. The van der Waals surface area contributed by atoms with E-state index in [4.69, 9.17) is 0 Å². The third-order valence-corrected chi connectivity index (χ3v) is 3.06. The first kappa shape index (κ1) is 13.4. The number of aromatic nitrogens is 2. The van der Waals surface area contributed by atoms with Gasteiger partial charge in [0.05, 0.1) is 5.52 Å². The molecule has 1 heterocycles. The minimum atomic E-state index is 0.313. The third kappa shape index (κ3) is 3.11. The van der Waals surface area contributed by atoms with Gasteiger partial charge < -0.3 is 10.6 Å². The quantitative estimate of drug-likeness (QED) is 0.751. The maximum atomic E-state index is 4.60. The average Bonchev–Trinajstić information content (AvgIpc) is 2.48. The Morgan fingerprint density at radius 3 is 2.33 bits per heavy atom. The highest BCUT2D eigenvalue weighted by Gasteiger charge is 2.08. The van der Waals surface area contributed by atoms with Crippen molar-refractivity contribution in [2.75, 3.05) is 10.6 Å². The molecule has 0 amide bonds. The molecule has 0 fully saturated rings. The summed E-state index contributed by atoms with van der Waals surface area (Å²) in [5, 5.41) is 7.66.